The lowest BCUT2D eigenvalue weighted by atomic mass is 9.75. The van der Waals surface area contributed by atoms with Gasteiger partial charge >= 0.3 is 0 Å². The van der Waals surface area contributed by atoms with E-state index in [2.05, 4.69) is 52.7 Å². The standard InChI is InChI=1S/C15H31N/c1-8-9-14(3,4)10-13(2)11-15(5,6)12-16-7/h12-13H,8-11H2,1-7H3. The zero-order valence-electron chi connectivity index (χ0n) is 12.4. The number of hydrogen-bond acceptors (Lipinski definition) is 1. The average molecular weight is 225 g/mol. The molecule has 0 aliphatic carbocycles. The molecule has 0 aromatic rings. The van der Waals surface area contributed by atoms with E-state index in [0.29, 0.717) is 5.41 Å². The summed E-state index contributed by atoms with van der Waals surface area (Å²) < 4.78 is 0. The van der Waals surface area contributed by atoms with Gasteiger partial charge in [0.05, 0.1) is 0 Å². The fourth-order valence-corrected chi connectivity index (χ4v) is 3.09. The van der Waals surface area contributed by atoms with Crippen LogP contribution in [0.3, 0.4) is 0 Å². The minimum Gasteiger partial charge on any atom is -0.300 e. The van der Waals surface area contributed by atoms with E-state index in [-0.39, 0.29) is 5.41 Å². The molecule has 0 heterocycles. The Labute approximate surface area is 103 Å². The first-order chi connectivity index (χ1) is 7.22. The molecule has 0 aliphatic rings. The molecule has 0 aliphatic heterocycles. The van der Waals surface area contributed by atoms with Crippen molar-refractivity contribution in [1.29, 1.82) is 0 Å². The lowest BCUT2D eigenvalue weighted by molar-refractivity contribution is 0.225. The molecular formula is C15H31N. The number of rotatable bonds is 7. The minimum absolute atomic E-state index is 0.246. The summed E-state index contributed by atoms with van der Waals surface area (Å²) in [5.41, 5.74) is 0.740. The third kappa shape index (κ3) is 7.03. The van der Waals surface area contributed by atoms with Crippen LogP contribution in [0.15, 0.2) is 4.99 Å². The van der Waals surface area contributed by atoms with E-state index in [4.69, 9.17) is 0 Å². The van der Waals surface area contributed by atoms with Gasteiger partial charge in [0.15, 0.2) is 0 Å². The summed E-state index contributed by atoms with van der Waals surface area (Å²) in [6.07, 6.45) is 7.27. The van der Waals surface area contributed by atoms with E-state index in [1.807, 2.05) is 7.05 Å². The Bertz CT molecular complexity index is 213. The minimum atomic E-state index is 0.246. The van der Waals surface area contributed by atoms with Crippen LogP contribution in [0.25, 0.3) is 0 Å². The summed E-state index contributed by atoms with van der Waals surface area (Å²) in [6.45, 7) is 14.0. The van der Waals surface area contributed by atoms with Crippen molar-refractivity contribution < 1.29 is 0 Å². The third-order valence-electron chi connectivity index (χ3n) is 3.18. The number of hydrogen-bond donors (Lipinski definition) is 0. The zero-order valence-corrected chi connectivity index (χ0v) is 12.4. The number of nitrogens with zero attached hydrogens (tertiary/aromatic N) is 1. The largest absolute Gasteiger partial charge is 0.300 e. The van der Waals surface area contributed by atoms with Crippen LogP contribution >= 0.6 is 0 Å². The van der Waals surface area contributed by atoms with Crippen molar-refractivity contribution >= 4 is 6.21 Å². The fraction of sp³-hybridized carbons (Fsp3) is 0.933. The van der Waals surface area contributed by atoms with Crippen LogP contribution in [0.1, 0.15) is 67.2 Å². The van der Waals surface area contributed by atoms with Gasteiger partial charge in [0.2, 0.25) is 0 Å². The molecule has 0 N–H and O–H groups in total. The molecule has 0 aromatic carbocycles. The summed E-state index contributed by atoms with van der Waals surface area (Å²) >= 11 is 0. The first-order valence-corrected chi connectivity index (χ1v) is 6.66. The molecule has 96 valence electrons. The van der Waals surface area contributed by atoms with Crippen molar-refractivity contribution in [1.82, 2.24) is 0 Å². The van der Waals surface area contributed by atoms with Crippen molar-refractivity contribution in [3.8, 4) is 0 Å². The number of aliphatic imine (C=N–C) groups is 1. The smallest absolute Gasteiger partial charge is 0.0273 e. The molecule has 0 spiro atoms. The van der Waals surface area contributed by atoms with E-state index in [0.717, 1.165) is 5.92 Å². The van der Waals surface area contributed by atoms with Crippen molar-refractivity contribution in [3.63, 3.8) is 0 Å². The second kappa shape index (κ2) is 6.42. The van der Waals surface area contributed by atoms with Gasteiger partial charge in [0.25, 0.3) is 0 Å². The fourth-order valence-electron chi connectivity index (χ4n) is 3.09. The highest BCUT2D eigenvalue weighted by Gasteiger charge is 2.24. The Morgan fingerprint density at radius 2 is 1.69 bits per heavy atom. The Kier molecular flexibility index (Phi) is 6.28. The van der Waals surface area contributed by atoms with Crippen LogP contribution in [0.2, 0.25) is 0 Å². The first-order valence-electron chi connectivity index (χ1n) is 6.66. The maximum atomic E-state index is 4.17. The average Bonchev–Trinajstić information content (AvgIpc) is 1.99. The molecule has 0 radical (unpaired) electrons. The van der Waals surface area contributed by atoms with Crippen molar-refractivity contribution in [2.45, 2.75) is 67.2 Å². The highest BCUT2D eigenvalue weighted by molar-refractivity contribution is 5.64. The second-order valence-corrected chi connectivity index (χ2v) is 6.80. The van der Waals surface area contributed by atoms with Crippen LogP contribution in [0, 0.1) is 16.7 Å². The van der Waals surface area contributed by atoms with E-state index in [1.54, 1.807) is 0 Å². The molecule has 0 rings (SSSR count). The summed E-state index contributed by atoms with van der Waals surface area (Å²) in [6, 6.07) is 0. The lowest BCUT2D eigenvalue weighted by Gasteiger charge is -2.31. The molecule has 1 atom stereocenters. The van der Waals surface area contributed by atoms with Crippen molar-refractivity contribution in [2.75, 3.05) is 7.05 Å². The normalized spacial score (nSPS) is 15.7. The van der Waals surface area contributed by atoms with Gasteiger partial charge in [0, 0.05) is 13.3 Å². The maximum Gasteiger partial charge on any atom is 0.0273 e. The molecule has 0 bridgehead atoms. The molecule has 0 saturated carbocycles. The predicted molar refractivity (Wildman–Crippen MR) is 75.3 cm³/mol. The predicted octanol–water partition coefficient (Wildman–Crippen LogP) is 4.96. The van der Waals surface area contributed by atoms with Crippen molar-refractivity contribution in [3.05, 3.63) is 0 Å². The molecule has 0 fully saturated rings. The van der Waals surface area contributed by atoms with Gasteiger partial charge in [-0.05, 0) is 36.0 Å². The molecule has 0 saturated heterocycles. The Hall–Kier alpha value is -0.330. The van der Waals surface area contributed by atoms with E-state index < -0.39 is 0 Å². The third-order valence-corrected chi connectivity index (χ3v) is 3.18. The van der Waals surface area contributed by atoms with Crippen LogP contribution < -0.4 is 0 Å². The highest BCUT2D eigenvalue weighted by Crippen LogP contribution is 2.35. The van der Waals surface area contributed by atoms with E-state index >= 15 is 0 Å². The van der Waals surface area contributed by atoms with Gasteiger partial charge in [-0.15, -0.1) is 0 Å². The van der Waals surface area contributed by atoms with Gasteiger partial charge in [-0.1, -0.05) is 48.0 Å². The topological polar surface area (TPSA) is 12.4 Å². The summed E-state index contributed by atoms with van der Waals surface area (Å²) in [5.74, 6) is 0.773. The van der Waals surface area contributed by atoms with Gasteiger partial charge in [0.1, 0.15) is 0 Å². The van der Waals surface area contributed by atoms with Crippen molar-refractivity contribution in [2.24, 2.45) is 21.7 Å². The quantitative estimate of drug-likeness (QED) is 0.543. The monoisotopic (exact) mass is 225 g/mol. The van der Waals surface area contributed by atoms with E-state index in [1.165, 1.54) is 25.7 Å². The Morgan fingerprint density at radius 1 is 1.12 bits per heavy atom. The van der Waals surface area contributed by atoms with Gasteiger partial charge in [-0.2, -0.15) is 0 Å². The van der Waals surface area contributed by atoms with Gasteiger partial charge in [-0.3, -0.25) is 0 Å². The SMILES string of the molecule is CCCC(C)(C)CC(C)CC(C)(C)C=NC. The molecule has 16 heavy (non-hydrogen) atoms. The molecule has 1 unspecified atom stereocenters. The maximum absolute atomic E-state index is 4.17. The van der Waals surface area contributed by atoms with Crippen LogP contribution in [0.4, 0.5) is 0 Å². The summed E-state index contributed by atoms with van der Waals surface area (Å²) in [4.78, 5) is 4.17. The highest BCUT2D eigenvalue weighted by atomic mass is 14.6. The van der Waals surface area contributed by atoms with Crippen LogP contribution in [-0.4, -0.2) is 13.3 Å². The molecular weight excluding hydrogens is 194 g/mol. The molecule has 1 heteroatoms. The Balaban J connectivity index is 4.22. The molecule has 0 amide bonds. The van der Waals surface area contributed by atoms with E-state index in [9.17, 15) is 0 Å². The van der Waals surface area contributed by atoms with Crippen LogP contribution in [0.5, 0.6) is 0 Å². The molecule has 1 nitrogen and oxygen atoms in total. The Morgan fingerprint density at radius 3 is 2.12 bits per heavy atom. The summed E-state index contributed by atoms with van der Waals surface area (Å²) in [7, 11) is 1.87. The van der Waals surface area contributed by atoms with Gasteiger partial charge in [-0.25, -0.2) is 0 Å². The van der Waals surface area contributed by atoms with Crippen LogP contribution in [-0.2, 0) is 0 Å². The van der Waals surface area contributed by atoms with Gasteiger partial charge < -0.3 is 4.99 Å². The summed E-state index contributed by atoms with van der Waals surface area (Å²) in [5, 5.41) is 0. The molecule has 0 aromatic heterocycles. The second-order valence-electron chi connectivity index (χ2n) is 6.80. The lowest BCUT2D eigenvalue weighted by Crippen LogP contribution is -2.22. The zero-order chi connectivity index (χ0) is 12.8. The first kappa shape index (κ1) is 15.7.